The smallest absolute Gasteiger partial charge is 0.257 e. The summed E-state index contributed by atoms with van der Waals surface area (Å²) in [7, 11) is 0. The molecule has 0 saturated carbocycles. The lowest BCUT2D eigenvalue weighted by Crippen LogP contribution is -2.31. The van der Waals surface area contributed by atoms with Gasteiger partial charge in [0, 0.05) is 6.54 Å². The first-order valence-corrected chi connectivity index (χ1v) is 7.09. The predicted octanol–water partition coefficient (Wildman–Crippen LogP) is 2.27. The maximum atomic E-state index is 11.7. The fraction of sp³-hybridized carbons (Fsp3) is 0.562. The van der Waals surface area contributed by atoms with Crippen LogP contribution in [0.2, 0.25) is 0 Å². The summed E-state index contributed by atoms with van der Waals surface area (Å²) in [6.07, 6.45) is 0.927. The van der Waals surface area contributed by atoms with Gasteiger partial charge in [0.2, 0.25) is 0 Å². The van der Waals surface area contributed by atoms with Gasteiger partial charge < -0.3 is 15.2 Å². The van der Waals surface area contributed by atoms with Crippen LogP contribution >= 0.6 is 0 Å². The Morgan fingerprint density at radius 2 is 1.90 bits per heavy atom. The number of carbonyl (C=O) groups is 1. The summed E-state index contributed by atoms with van der Waals surface area (Å²) < 4.78 is 5.59. The monoisotopic (exact) mass is 279 g/mol. The van der Waals surface area contributed by atoms with Gasteiger partial charge in [0.05, 0.1) is 6.10 Å². The number of ether oxygens (including phenoxy) is 1. The minimum atomic E-state index is -0.349. The Bertz CT molecular complexity index is 434. The molecule has 1 unspecified atom stereocenters. The van der Waals surface area contributed by atoms with Crippen LogP contribution in [0.3, 0.4) is 0 Å². The molecule has 2 N–H and O–H groups in total. The van der Waals surface area contributed by atoms with Crippen molar-refractivity contribution in [3.05, 3.63) is 28.8 Å². The lowest BCUT2D eigenvalue weighted by molar-refractivity contribution is -0.123. The van der Waals surface area contributed by atoms with Gasteiger partial charge in [-0.2, -0.15) is 0 Å². The topological polar surface area (TPSA) is 58.6 Å². The third-order valence-corrected chi connectivity index (χ3v) is 3.22. The number of benzene rings is 1. The third kappa shape index (κ3) is 5.21. The fourth-order valence-electron chi connectivity index (χ4n) is 2.17. The summed E-state index contributed by atoms with van der Waals surface area (Å²) in [5, 5.41) is 12.1. The van der Waals surface area contributed by atoms with Crippen molar-refractivity contribution in [1.82, 2.24) is 5.32 Å². The zero-order valence-corrected chi connectivity index (χ0v) is 12.8. The molecule has 0 heterocycles. The molecule has 20 heavy (non-hydrogen) atoms. The van der Waals surface area contributed by atoms with E-state index in [1.807, 2.05) is 39.8 Å². The van der Waals surface area contributed by atoms with Crippen molar-refractivity contribution in [3.63, 3.8) is 0 Å². The van der Waals surface area contributed by atoms with Gasteiger partial charge in [-0.3, -0.25) is 4.79 Å². The molecule has 0 aliphatic carbocycles. The van der Waals surface area contributed by atoms with Crippen LogP contribution in [-0.2, 0) is 4.79 Å². The Hall–Kier alpha value is -1.55. The molecule has 112 valence electrons. The van der Waals surface area contributed by atoms with Gasteiger partial charge in [-0.15, -0.1) is 0 Å². The number of amides is 1. The highest BCUT2D eigenvalue weighted by atomic mass is 16.5. The Balaban J connectivity index is 2.42. The second-order valence-corrected chi connectivity index (χ2v) is 5.22. The number of hydrogen-bond donors (Lipinski definition) is 2. The lowest BCUT2D eigenvalue weighted by Gasteiger charge is -2.13. The average Bonchev–Trinajstić information content (AvgIpc) is 2.37. The molecule has 1 rings (SSSR count). The van der Waals surface area contributed by atoms with E-state index in [0.29, 0.717) is 19.4 Å². The Morgan fingerprint density at radius 1 is 1.30 bits per heavy atom. The van der Waals surface area contributed by atoms with Crippen LogP contribution in [0.5, 0.6) is 5.75 Å². The number of aryl methyl sites for hydroxylation is 3. The summed E-state index contributed by atoms with van der Waals surface area (Å²) >= 11 is 0. The van der Waals surface area contributed by atoms with Crippen LogP contribution in [0.25, 0.3) is 0 Å². The van der Waals surface area contributed by atoms with Crippen LogP contribution in [0.15, 0.2) is 12.1 Å². The highest BCUT2D eigenvalue weighted by Crippen LogP contribution is 2.24. The Labute approximate surface area is 121 Å². The van der Waals surface area contributed by atoms with E-state index in [0.717, 1.165) is 16.9 Å². The molecular weight excluding hydrogens is 254 g/mol. The zero-order valence-electron chi connectivity index (χ0n) is 12.8. The van der Waals surface area contributed by atoms with Gasteiger partial charge in [0.1, 0.15) is 5.75 Å². The normalized spacial score (nSPS) is 12.1. The second kappa shape index (κ2) is 7.90. The van der Waals surface area contributed by atoms with E-state index in [-0.39, 0.29) is 18.6 Å². The van der Waals surface area contributed by atoms with E-state index >= 15 is 0 Å². The summed E-state index contributed by atoms with van der Waals surface area (Å²) in [5.74, 6) is 0.618. The predicted molar refractivity (Wildman–Crippen MR) is 80.1 cm³/mol. The molecule has 0 fully saturated rings. The third-order valence-electron chi connectivity index (χ3n) is 3.22. The standard InChI is InChI=1S/C16H25NO3/c1-5-14(18)6-7-17-15(19)10-20-16-12(3)8-11(2)9-13(16)4/h8-9,14,18H,5-7,10H2,1-4H3,(H,17,19). The van der Waals surface area contributed by atoms with Crippen molar-refractivity contribution in [2.45, 2.75) is 46.6 Å². The van der Waals surface area contributed by atoms with Crippen molar-refractivity contribution in [2.75, 3.05) is 13.2 Å². The molecule has 1 aromatic rings. The van der Waals surface area contributed by atoms with Crippen molar-refractivity contribution in [3.8, 4) is 5.75 Å². The van der Waals surface area contributed by atoms with E-state index in [1.54, 1.807) is 0 Å². The van der Waals surface area contributed by atoms with Crippen LogP contribution < -0.4 is 10.1 Å². The van der Waals surface area contributed by atoms with Crippen LogP contribution in [0.4, 0.5) is 0 Å². The minimum Gasteiger partial charge on any atom is -0.483 e. The van der Waals surface area contributed by atoms with Gasteiger partial charge in [-0.25, -0.2) is 0 Å². The largest absolute Gasteiger partial charge is 0.483 e. The summed E-state index contributed by atoms with van der Waals surface area (Å²) in [6, 6.07) is 4.08. The van der Waals surface area contributed by atoms with Crippen molar-refractivity contribution >= 4 is 5.91 Å². The van der Waals surface area contributed by atoms with Crippen LogP contribution in [0.1, 0.15) is 36.5 Å². The first kappa shape index (κ1) is 16.5. The summed E-state index contributed by atoms with van der Waals surface area (Å²) in [6.45, 7) is 8.39. The van der Waals surface area contributed by atoms with Crippen LogP contribution in [-0.4, -0.2) is 30.3 Å². The van der Waals surface area contributed by atoms with Gasteiger partial charge in [0.25, 0.3) is 5.91 Å². The summed E-state index contributed by atoms with van der Waals surface area (Å²) in [5.41, 5.74) is 3.26. The molecule has 4 heteroatoms. The molecule has 1 atom stereocenters. The lowest BCUT2D eigenvalue weighted by atomic mass is 10.1. The van der Waals surface area contributed by atoms with Gasteiger partial charge >= 0.3 is 0 Å². The quantitative estimate of drug-likeness (QED) is 0.805. The molecule has 0 radical (unpaired) electrons. The minimum absolute atomic E-state index is 0.00691. The Kier molecular flexibility index (Phi) is 6.52. The highest BCUT2D eigenvalue weighted by Gasteiger charge is 2.08. The number of aliphatic hydroxyl groups is 1. The maximum Gasteiger partial charge on any atom is 0.257 e. The highest BCUT2D eigenvalue weighted by molar-refractivity contribution is 5.77. The van der Waals surface area contributed by atoms with Gasteiger partial charge in [0.15, 0.2) is 6.61 Å². The van der Waals surface area contributed by atoms with E-state index in [1.165, 1.54) is 5.56 Å². The van der Waals surface area contributed by atoms with E-state index in [4.69, 9.17) is 4.74 Å². The van der Waals surface area contributed by atoms with Crippen molar-refractivity contribution < 1.29 is 14.6 Å². The van der Waals surface area contributed by atoms with Gasteiger partial charge in [-0.05, 0) is 44.7 Å². The van der Waals surface area contributed by atoms with E-state index in [9.17, 15) is 9.90 Å². The van der Waals surface area contributed by atoms with Crippen molar-refractivity contribution in [2.24, 2.45) is 0 Å². The molecule has 0 bridgehead atoms. The SMILES string of the molecule is CCC(O)CCNC(=O)COc1c(C)cc(C)cc1C. The number of carbonyl (C=O) groups excluding carboxylic acids is 1. The first-order chi connectivity index (χ1) is 9.43. The molecule has 1 amide bonds. The molecule has 0 aromatic heterocycles. The second-order valence-electron chi connectivity index (χ2n) is 5.22. The Morgan fingerprint density at radius 3 is 2.45 bits per heavy atom. The van der Waals surface area contributed by atoms with Crippen molar-refractivity contribution in [1.29, 1.82) is 0 Å². The van der Waals surface area contributed by atoms with Crippen LogP contribution in [0, 0.1) is 20.8 Å². The summed E-state index contributed by atoms with van der Waals surface area (Å²) in [4.78, 5) is 11.7. The first-order valence-electron chi connectivity index (χ1n) is 7.09. The molecule has 0 spiro atoms. The van der Waals surface area contributed by atoms with E-state index < -0.39 is 0 Å². The maximum absolute atomic E-state index is 11.7. The van der Waals surface area contributed by atoms with Gasteiger partial charge in [-0.1, -0.05) is 24.6 Å². The molecule has 1 aromatic carbocycles. The number of hydrogen-bond acceptors (Lipinski definition) is 3. The molecule has 0 aliphatic heterocycles. The van der Waals surface area contributed by atoms with E-state index in [2.05, 4.69) is 5.32 Å². The molecular formula is C16H25NO3. The number of aliphatic hydroxyl groups excluding tert-OH is 1. The molecule has 4 nitrogen and oxygen atoms in total. The molecule has 0 saturated heterocycles. The fourth-order valence-corrected chi connectivity index (χ4v) is 2.17. The number of nitrogens with one attached hydrogen (secondary N) is 1. The average molecular weight is 279 g/mol. The molecule has 0 aliphatic rings. The number of rotatable bonds is 7. The zero-order chi connectivity index (χ0) is 15.1.